The molecule has 1 aliphatic rings. The first-order chi connectivity index (χ1) is 9.49. The molecule has 2 N–H and O–H groups in total. The van der Waals surface area contributed by atoms with Gasteiger partial charge < -0.3 is 10.6 Å². The minimum Gasteiger partial charge on any atom is -0.370 e. The Hall–Kier alpha value is -0.780. The van der Waals surface area contributed by atoms with Crippen molar-refractivity contribution in [3.8, 4) is 0 Å². The van der Waals surface area contributed by atoms with E-state index in [-0.39, 0.29) is 29.4 Å². The van der Waals surface area contributed by atoms with Crippen LogP contribution in [-0.4, -0.2) is 30.5 Å². The third-order valence-corrected chi connectivity index (χ3v) is 4.17. The molecule has 0 saturated carbocycles. The predicted molar refractivity (Wildman–Crippen MR) is 101 cm³/mol. The average molecular weight is 401 g/mol. The molecule has 4 heteroatoms. The fourth-order valence-electron chi connectivity index (χ4n) is 2.76. The van der Waals surface area contributed by atoms with Crippen molar-refractivity contribution in [2.24, 2.45) is 16.6 Å². The number of likely N-dealkylation sites (tertiary alicyclic amines) is 1. The van der Waals surface area contributed by atoms with Crippen LogP contribution >= 0.6 is 24.0 Å². The number of nitrogens with zero attached hydrogens (tertiary/aromatic N) is 2. The van der Waals surface area contributed by atoms with E-state index in [2.05, 4.69) is 54.9 Å². The van der Waals surface area contributed by atoms with E-state index >= 15 is 0 Å². The summed E-state index contributed by atoms with van der Waals surface area (Å²) in [6.07, 6.45) is 2.53. The summed E-state index contributed by atoms with van der Waals surface area (Å²) in [5, 5.41) is 0. The van der Waals surface area contributed by atoms with Crippen molar-refractivity contribution in [1.82, 2.24) is 4.90 Å². The first-order valence-electron chi connectivity index (χ1n) is 7.59. The highest BCUT2D eigenvalue weighted by molar-refractivity contribution is 14.0. The summed E-state index contributed by atoms with van der Waals surface area (Å²) in [7, 11) is 0. The van der Waals surface area contributed by atoms with Crippen LogP contribution in [0.5, 0.6) is 0 Å². The lowest BCUT2D eigenvalue weighted by Gasteiger charge is -2.32. The van der Waals surface area contributed by atoms with E-state index in [0.29, 0.717) is 5.96 Å². The Morgan fingerprint density at radius 2 is 2.00 bits per heavy atom. The van der Waals surface area contributed by atoms with Gasteiger partial charge in [-0.25, -0.2) is 0 Å². The van der Waals surface area contributed by atoms with Gasteiger partial charge in [-0.3, -0.25) is 4.99 Å². The van der Waals surface area contributed by atoms with Crippen LogP contribution < -0.4 is 5.73 Å². The monoisotopic (exact) mass is 401 g/mol. The lowest BCUT2D eigenvalue weighted by molar-refractivity contribution is 0.270. The maximum absolute atomic E-state index is 6.17. The van der Waals surface area contributed by atoms with Gasteiger partial charge in [-0.15, -0.1) is 24.0 Å². The van der Waals surface area contributed by atoms with Crippen molar-refractivity contribution in [3.63, 3.8) is 0 Å². The number of halogens is 1. The molecule has 1 unspecified atom stereocenters. The van der Waals surface area contributed by atoms with Crippen LogP contribution in [-0.2, 0) is 5.41 Å². The Morgan fingerprint density at radius 3 is 2.62 bits per heavy atom. The molecule has 21 heavy (non-hydrogen) atoms. The zero-order valence-electron chi connectivity index (χ0n) is 13.4. The normalized spacial score (nSPS) is 20.0. The average Bonchev–Trinajstić information content (AvgIpc) is 2.46. The fourth-order valence-corrected chi connectivity index (χ4v) is 2.76. The van der Waals surface area contributed by atoms with Gasteiger partial charge in [0.2, 0.25) is 0 Å². The first kappa shape index (κ1) is 18.3. The zero-order chi connectivity index (χ0) is 14.6. The van der Waals surface area contributed by atoms with Gasteiger partial charge in [0, 0.05) is 18.5 Å². The van der Waals surface area contributed by atoms with Crippen LogP contribution in [0.3, 0.4) is 0 Å². The number of hydrogen-bond donors (Lipinski definition) is 1. The third-order valence-electron chi connectivity index (χ3n) is 4.17. The molecule has 1 saturated heterocycles. The van der Waals surface area contributed by atoms with Crippen molar-refractivity contribution in [2.75, 3.05) is 19.6 Å². The van der Waals surface area contributed by atoms with Gasteiger partial charge in [0.1, 0.15) is 0 Å². The summed E-state index contributed by atoms with van der Waals surface area (Å²) < 4.78 is 0. The molecule has 1 aliphatic heterocycles. The van der Waals surface area contributed by atoms with Gasteiger partial charge in [0.15, 0.2) is 5.96 Å². The molecule has 0 aromatic heterocycles. The topological polar surface area (TPSA) is 41.6 Å². The van der Waals surface area contributed by atoms with Crippen molar-refractivity contribution >= 4 is 29.9 Å². The van der Waals surface area contributed by atoms with Crippen LogP contribution in [0, 0.1) is 5.92 Å². The Morgan fingerprint density at radius 1 is 1.33 bits per heavy atom. The summed E-state index contributed by atoms with van der Waals surface area (Å²) in [6, 6.07) is 10.5. The van der Waals surface area contributed by atoms with Crippen molar-refractivity contribution in [3.05, 3.63) is 35.9 Å². The molecule has 0 aliphatic carbocycles. The highest BCUT2D eigenvalue weighted by atomic mass is 127. The molecule has 0 bridgehead atoms. The minimum absolute atomic E-state index is 0. The Bertz CT molecular complexity index is 456. The van der Waals surface area contributed by atoms with Gasteiger partial charge in [0.25, 0.3) is 0 Å². The zero-order valence-corrected chi connectivity index (χ0v) is 15.7. The molecule has 0 spiro atoms. The lowest BCUT2D eigenvalue weighted by Crippen LogP contribution is -2.44. The van der Waals surface area contributed by atoms with E-state index in [1.165, 1.54) is 18.4 Å². The predicted octanol–water partition coefficient (Wildman–Crippen LogP) is 3.63. The van der Waals surface area contributed by atoms with E-state index < -0.39 is 0 Å². The number of hydrogen-bond acceptors (Lipinski definition) is 1. The number of benzene rings is 1. The van der Waals surface area contributed by atoms with Gasteiger partial charge in [-0.05, 0) is 24.3 Å². The fraction of sp³-hybridized carbons (Fsp3) is 0.588. The first-order valence-corrected chi connectivity index (χ1v) is 7.59. The molecule has 3 nitrogen and oxygen atoms in total. The molecule has 1 aromatic rings. The van der Waals surface area contributed by atoms with Crippen molar-refractivity contribution in [1.29, 1.82) is 0 Å². The molecular weight excluding hydrogens is 373 g/mol. The number of aliphatic imine (C=N–C) groups is 1. The number of rotatable bonds is 3. The molecule has 2 rings (SSSR count). The Balaban J connectivity index is 0.00000220. The van der Waals surface area contributed by atoms with Crippen LogP contribution in [0.2, 0.25) is 0 Å². The van der Waals surface area contributed by atoms with E-state index in [1.807, 2.05) is 6.07 Å². The molecule has 0 radical (unpaired) electrons. The standard InChI is InChI=1S/C17H27N3.HI/c1-14-8-7-11-20(12-14)16(18)19-13-17(2,3)15-9-5-4-6-10-15;/h4-6,9-10,14H,7-8,11-13H2,1-3H3,(H2,18,19);1H. The minimum atomic E-state index is 0. The van der Waals surface area contributed by atoms with E-state index in [4.69, 9.17) is 5.73 Å². The SMILES string of the molecule is CC1CCCN(C(N)=NCC(C)(C)c2ccccc2)C1.I. The number of nitrogens with two attached hydrogens (primary N) is 1. The molecule has 1 aromatic carbocycles. The maximum atomic E-state index is 6.17. The summed E-state index contributed by atoms with van der Waals surface area (Å²) in [5.41, 5.74) is 7.50. The highest BCUT2D eigenvalue weighted by Crippen LogP contribution is 2.23. The van der Waals surface area contributed by atoms with E-state index in [0.717, 1.165) is 25.6 Å². The molecule has 1 heterocycles. The molecule has 0 amide bonds. The maximum Gasteiger partial charge on any atom is 0.191 e. The second-order valence-corrected chi connectivity index (χ2v) is 6.62. The second kappa shape index (κ2) is 8.01. The van der Waals surface area contributed by atoms with Crippen LogP contribution in [0.15, 0.2) is 35.3 Å². The quantitative estimate of drug-likeness (QED) is 0.478. The van der Waals surface area contributed by atoms with Gasteiger partial charge in [-0.1, -0.05) is 51.1 Å². The van der Waals surface area contributed by atoms with Crippen molar-refractivity contribution in [2.45, 2.75) is 39.0 Å². The highest BCUT2D eigenvalue weighted by Gasteiger charge is 2.22. The molecule has 1 atom stereocenters. The summed E-state index contributed by atoms with van der Waals surface area (Å²) in [6.45, 7) is 9.55. The third kappa shape index (κ3) is 5.16. The Kier molecular flexibility index (Phi) is 6.97. The lowest BCUT2D eigenvalue weighted by atomic mass is 9.85. The van der Waals surface area contributed by atoms with Crippen LogP contribution in [0.1, 0.15) is 39.2 Å². The summed E-state index contributed by atoms with van der Waals surface area (Å²) >= 11 is 0. The Labute approximate surface area is 146 Å². The van der Waals surface area contributed by atoms with Gasteiger partial charge >= 0.3 is 0 Å². The van der Waals surface area contributed by atoms with Crippen LogP contribution in [0.25, 0.3) is 0 Å². The number of guanidine groups is 1. The summed E-state index contributed by atoms with van der Waals surface area (Å²) in [4.78, 5) is 6.88. The van der Waals surface area contributed by atoms with Gasteiger partial charge in [-0.2, -0.15) is 0 Å². The molecule has 1 fully saturated rings. The van der Waals surface area contributed by atoms with Gasteiger partial charge in [0.05, 0.1) is 6.54 Å². The van der Waals surface area contributed by atoms with E-state index in [1.54, 1.807) is 0 Å². The second-order valence-electron chi connectivity index (χ2n) is 6.62. The number of piperidine rings is 1. The van der Waals surface area contributed by atoms with E-state index in [9.17, 15) is 0 Å². The largest absolute Gasteiger partial charge is 0.370 e. The smallest absolute Gasteiger partial charge is 0.191 e. The molecule has 118 valence electrons. The molecular formula is C17H28IN3. The summed E-state index contributed by atoms with van der Waals surface area (Å²) in [5.74, 6) is 1.43. The van der Waals surface area contributed by atoms with Crippen molar-refractivity contribution < 1.29 is 0 Å². The van der Waals surface area contributed by atoms with Crippen LogP contribution in [0.4, 0.5) is 0 Å².